The van der Waals surface area contributed by atoms with Crippen molar-refractivity contribution in [2.24, 2.45) is 10.9 Å². The van der Waals surface area contributed by atoms with Crippen LogP contribution in [0.1, 0.15) is 27.2 Å². The summed E-state index contributed by atoms with van der Waals surface area (Å²) >= 11 is 0. The summed E-state index contributed by atoms with van der Waals surface area (Å²) < 4.78 is 5.18. The zero-order valence-electron chi connectivity index (χ0n) is 8.79. The van der Waals surface area contributed by atoms with Crippen molar-refractivity contribution in [2.75, 3.05) is 7.11 Å². The van der Waals surface area contributed by atoms with Gasteiger partial charge in [0.1, 0.15) is 0 Å². The van der Waals surface area contributed by atoms with Crippen molar-refractivity contribution in [3.63, 3.8) is 0 Å². The Hall–Kier alpha value is -1.05. The van der Waals surface area contributed by atoms with Gasteiger partial charge in [0.25, 0.3) is 0 Å². The fourth-order valence-electron chi connectivity index (χ4n) is 1.56. The quantitative estimate of drug-likeness (QED) is 0.560. The minimum Gasteiger partial charge on any atom is -0.484 e. The number of nitrogens with zero attached hydrogens (tertiary/aromatic N) is 1. The zero-order valence-corrected chi connectivity index (χ0v) is 8.79. The van der Waals surface area contributed by atoms with Gasteiger partial charge in [-0.2, -0.15) is 0 Å². The molecule has 0 bridgehead atoms. The van der Waals surface area contributed by atoms with E-state index in [2.05, 4.69) is 31.0 Å². The SMILES string of the molecule is COC1=N/C(C)=C\C(C)=C/C(C)C1. The molecular formula is C11H17NO. The normalized spacial score (nSPS) is 31.7. The van der Waals surface area contributed by atoms with E-state index in [1.807, 2.05) is 6.92 Å². The summed E-state index contributed by atoms with van der Waals surface area (Å²) in [5.74, 6) is 1.33. The van der Waals surface area contributed by atoms with Crippen molar-refractivity contribution < 1.29 is 4.74 Å². The molecule has 2 nitrogen and oxygen atoms in total. The van der Waals surface area contributed by atoms with Gasteiger partial charge in [0.2, 0.25) is 0 Å². The van der Waals surface area contributed by atoms with E-state index in [4.69, 9.17) is 4.74 Å². The highest BCUT2D eigenvalue weighted by molar-refractivity contribution is 5.77. The van der Waals surface area contributed by atoms with Crippen molar-refractivity contribution in [1.82, 2.24) is 0 Å². The lowest BCUT2D eigenvalue weighted by Crippen LogP contribution is -2.08. The van der Waals surface area contributed by atoms with Crippen LogP contribution in [0.25, 0.3) is 0 Å². The molecule has 0 aromatic rings. The van der Waals surface area contributed by atoms with Crippen LogP contribution in [0.3, 0.4) is 0 Å². The second kappa shape index (κ2) is 4.26. The van der Waals surface area contributed by atoms with E-state index in [0.29, 0.717) is 5.92 Å². The Morgan fingerprint density at radius 1 is 1.46 bits per heavy atom. The molecular weight excluding hydrogens is 162 g/mol. The molecule has 2 heteroatoms. The molecule has 1 rings (SSSR count). The van der Waals surface area contributed by atoms with Gasteiger partial charge in [-0.1, -0.05) is 18.6 Å². The predicted molar refractivity (Wildman–Crippen MR) is 55.7 cm³/mol. The van der Waals surface area contributed by atoms with Crippen molar-refractivity contribution in [3.05, 3.63) is 23.4 Å². The molecule has 0 N–H and O–H groups in total. The largest absolute Gasteiger partial charge is 0.484 e. The molecule has 0 spiro atoms. The molecule has 0 saturated carbocycles. The number of hydrogen-bond acceptors (Lipinski definition) is 2. The Labute approximate surface area is 80.0 Å². The summed E-state index contributed by atoms with van der Waals surface area (Å²) in [5, 5.41) is 0. The number of ether oxygens (including phenoxy) is 1. The molecule has 0 radical (unpaired) electrons. The molecule has 1 unspecified atom stereocenters. The van der Waals surface area contributed by atoms with Crippen LogP contribution in [-0.4, -0.2) is 13.0 Å². The topological polar surface area (TPSA) is 21.6 Å². The third-order valence-electron chi connectivity index (χ3n) is 2.02. The minimum absolute atomic E-state index is 0.503. The van der Waals surface area contributed by atoms with Gasteiger partial charge in [0, 0.05) is 12.1 Å². The maximum atomic E-state index is 5.18. The Kier molecular flexibility index (Phi) is 3.29. The highest BCUT2D eigenvalue weighted by atomic mass is 16.5. The predicted octanol–water partition coefficient (Wildman–Crippen LogP) is 2.92. The summed E-state index contributed by atoms with van der Waals surface area (Å²) in [4.78, 5) is 4.37. The van der Waals surface area contributed by atoms with Gasteiger partial charge in [0.15, 0.2) is 5.90 Å². The van der Waals surface area contributed by atoms with Crippen LogP contribution in [-0.2, 0) is 4.74 Å². The first-order chi connectivity index (χ1) is 6.11. The van der Waals surface area contributed by atoms with Crippen molar-refractivity contribution in [2.45, 2.75) is 27.2 Å². The molecule has 0 aliphatic carbocycles. The third-order valence-corrected chi connectivity index (χ3v) is 2.02. The van der Waals surface area contributed by atoms with E-state index in [1.54, 1.807) is 7.11 Å². The second-order valence-corrected chi connectivity index (χ2v) is 3.59. The fraction of sp³-hybridized carbons (Fsp3) is 0.545. The molecule has 1 atom stereocenters. The molecule has 0 aromatic carbocycles. The van der Waals surface area contributed by atoms with E-state index in [-0.39, 0.29) is 0 Å². The Bertz CT molecular complexity index is 274. The maximum Gasteiger partial charge on any atom is 0.188 e. The highest BCUT2D eigenvalue weighted by Crippen LogP contribution is 2.15. The number of aliphatic imine (C=N–C) groups is 1. The zero-order chi connectivity index (χ0) is 9.84. The minimum atomic E-state index is 0.503. The number of hydrogen-bond donors (Lipinski definition) is 0. The standard InChI is InChI=1S/C11H17NO/c1-8-5-9(2)7-11(13-4)12-10(3)6-8/h5-6,9H,7H2,1-4H3/b8-5-,10-6-,12-11?. The maximum absolute atomic E-state index is 5.18. The van der Waals surface area contributed by atoms with Crippen molar-refractivity contribution in [1.29, 1.82) is 0 Å². The fourth-order valence-corrected chi connectivity index (χ4v) is 1.56. The molecule has 72 valence electrons. The first-order valence-electron chi connectivity index (χ1n) is 4.60. The van der Waals surface area contributed by atoms with Gasteiger partial charge in [0.05, 0.1) is 7.11 Å². The van der Waals surface area contributed by atoms with Crippen LogP contribution in [0.5, 0.6) is 0 Å². The molecule has 0 amide bonds. The molecule has 13 heavy (non-hydrogen) atoms. The lowest BCUT2D eigenvalue weighted by molar-refractivity contribution is 0.382. The molecule has 1 aliphatic heterocycles. The van der Waals surface area contributed by atoms with E-state index >= 15 is 0 Å². The van der Waals surface area contributed by atoms with Gasteiger partial charge in [-0.05, 0) is 25.8 Å². The van der Waals surface area contributed by atoms with Gasteiger partial charge >= 0.3 is 0 Å². The molecule has 1 aliphatic rings. The number of rotatable bonds is 0. The Balaban J connectivity index is 2.94. The lowest BCUT2D eigenvalue weighted by atomic mass is 10.0. The summed E-state index contributed by atoms with van der Waals surface area (Å²) in [6.45, 7) is 6.27. The van der Waals surface area contributed by atoms with Crippen molar-refractivity contribution >= 4 is 5.90 Å². The highest BCUT2D eigenvalue weighted by Gasteiger charge is 2.08. The summed E-state index contributed by atoms with van der Waals surface area (Å²) in [5.41, 5.74) is 2.29. The average Bonchev–Trinajstić information content (AvgIpc) is 1.99. The summed E-state index contributed by atoms with van der Waals surface area (Å²) in [6, 6.07) is 0. The van der Waals surface area contributed by atoms with E-state index in [0.717, 1.165) is 18.0 Å². The number of methoxy groups -OCH3 is 1. The summed E-state index contributed by atoms with van der Waals surface area (Å²) in [6.07, 6.45) is 5.21. The lowest BCUT2D eigenvalue weighted by Gasteiger charge is -2.12. The molecule has 1 heterocycles. The Morgan fingerprint density at radius 3 is 2.77 bits per heavy atom. The first-order valence-corrected chi connectivity index (χ1v) is 4.60. The number of allylic oxidation sites excluding steroid dienone is 4. The second-order valence-electron chi connectivity index (χ2n) is 3.59. The summed E-state index contributed by atoms with van der Waals surface area (Å²) in [7, 11) is 1.68. The van der Waals surface area contributed by atoms with E-state index in [1.165, 1.54) is 5.57 Å². The van der Waals surface area contributed by atoms with Crippen LogP contribution in [0.2, 0.25) is 0 Å². The van der Waals surface area contributed by atoms with Gasteiger partial charge in [-0.25, -0.2) is 4.99 Å². The average molecular weight is 179 g/mol. The molecule has 0 fully saturated rings. The van der Waals surface area contributed by atoms with Gasteiger partial charge < -0.3 is 4.74 Å². The van der Waals surface area contributed by atoms with Gasteiger partial charge in [-0.15, -0.1) is 0 Å². The third kappa shape index (κ3) is 3.05. The van der Waals surface area contributed by atoms with E-state index < -0.39 is 0 Å². The smallest absolute Gasteiger partial charge is 0.188 e. The van der Waals surface area contributed by atoms with Crippen molar-refractivity contribution in [3.8, 4) is 0 Å². The van der Waals surface area contributed by atoms with E-state index in [9.17, 15) is 0 Å². The van der Waals surface area contributed by atoms with Gasteiger partial charge in [-0.3, -0.25) is 0 Å². The van der Waals surface area contributed by atoms with Crippen LogP contribution in [0.15, 0.2) is 28.4 Å². The van der Waals surface area contributed by atoms with Crippen LogP contribution in [0.4, 0.5) is 0 Å². The molecule has 0 aromatic heterocycles. The first kappa shape index (κ1) is 10.0. The monoisotopic (exact) mass is 179 g/mol. The van der Waals surface area contributed by atoms with Crippen LogP contribution >= 0.6 is 0 Å². The van der Waals surface area contributed by atoms with Crippen LogP contribution < -0.4 is 0 Å². The molecule has 0 saturated heterocycles. The Morgan fingerprint density at radius 2 is 2.15 bits per heavy atom. The van der Waals surface area contributed by atoms with Crippen LogP contribution in [0, 0.1) is 5.92 Å².